The van der Waals surface area contributed by atoms with Gasteiger partial charge in [-0.3, -0.25) is 14.6 Å². The number of piperidine rings is 1. The monoisotopic (exact) mass is 464 g/mol. The first-order valence-electron chi connectivity index (χ1n) is 11.8. The van der Waals surface area contributed by atoms with Gasteiger partial charge in [-0.1, -0.05) is 0 Å². The molecule has 2 fully saturated rings. The van der Waals surface area contributed by atoms with Crippen LogP contribution in [0.4, 0.5) is 11.4 Å². The summed E-state index contributed by atoms with van der Waals surface area (Å²) in [5, 5.41) is 12.2. The third kappa shape index (κ3) is 6.50. The SMILES string of the molecule is COc1ccc(/C=N/N2CCCCC2C(=O)Nc2ccc(NC(C)=O)cc2)cc1OCC1CC1. The van der Waals surface area contributed by atoms with Gasteiger partial charge < -0.3 is 20.1 Å². The van der Waals surface area contributed by atoms with Gasteiger partial charge in [-0.15, -0.1) is 0 Å². The minimum atomic E-state index is -0.344. The van der Waals surface area contributed by atoms with Gasteiger partial charge in [0, 0.05) is 24.8 Å². The molecule has 1 saturated heterocycles. The van der Waals surface area contributed by atoms with Gasteiger partial charge in [-0.2, -0.15) is 5.10 Å². The van der Waals surface area contributed by atoms with Crippen molar-refractivity contribution >= 4 is 29.4 Å². The summed E-state index contributed by atoms with van der Waals surface area (Å²) in [5.41, 5.74) is 2.26. The van der Waals surface area contributed by atoms with Crippen LogP contribution in [0.3, 0.4) is 0 Å². The Labute approximate surface area is 200 Å². The number of nitrogens with zero attached hydrogens (tertiary/aromatic N) is 2. The van der Waals surface area contributed by atoms with Gasteiger partial charge >= 0.3 is 0 Å². The fourth-order valence-electron chi connectivity index (χ4n) is 3.91. The molecule has 34 heavy (non-hydrogen) atoms. The first-order chi connectivity index (χ1) is 16.5. The number of rotatable bonds is 9. The van der Waals surface area contributed by atoms with E-state index >= 15 is 0 Å². The molecular formula is C26H32N4O4. The zero-order valence-corrected chi connectivity index (χ0v) is 19.8. The molecule has 1 saturated carbocycles. The van der Waals surface area contributed by atoms with Crippen molar-refractivity contribution in [1.82, 2.24) is 5.01 Å². The summed E-state index contributed by atoms with van der Waals surface area (Å²) in [6.07, 6.45) is 6.93. The van der Waals surface area contributed by atoms with E-state index in [1.165, 1.54) is 19.8 Å². The van der Waals surface area contributed by atoms with Crippen LogP contribution in [0, 0.1) is 5.92 Å². The number of carbonyl (C=O) groups excluding carboxylic acids is 2. The highest BCUT2D eigenvalue weighted by molar-refractivity contribution is 5.95. The summed E-state index contributed by atoms with van der Waals surface area (Å²) in [7, 11) is 1.64. The number of nitrogens with one attached hydrogen (secondary N) is 2. The largest absolute Gasteiger partial charge is 0.493 e. The lowest BCUT2D eigenvalue weighted by molar-refractivity contribution is -0.122. The van der Waals surface area contributed by atoms with E-state index in [0.29, 0.717) is 35.4 Å². The second kappa shape index (κ2) is 11.0. The van der Waals surface area contributed by atoms with Crippen LogP contribution in [0.15, 0.2) is 47.6 Å². The maximum atomic E-state index is 13.0. The molecule has 1 heterocycles. The van der Waals surface area contributed by atoms with E-state index in [-0.39, 0.29) is 17.9 Å². The van der Waals surface area contributed by atoms with Crippen molar-refractivity contribution in [3.05, 3.63) is 48.0 Å². The molecule has 8 heteroatoms. The Bertz CT molecular complexity index is 1030. The molecule has 4 rings (SSSR count). The number of methoxy groups -OCH3 is 1. The van der Waals surface area contributed by atoms with Crippen molar-refractivity contribution in [3.63, 3.8) is 0 Å². The molecule has 2 aromatic carbocycles. The number of amides is 2. The number of anilines is 2. The molecule has 0 spiro atoms. The lowest BCUT2D eigenvalue weighted by Gasteiger charge is -2.32. The van der Waals surface area contributed by atoms with Crippen molar-refractivity contribution < 1.29 is 19.1 Å². The van der Waals surface area contributed by atoms with Crippen molar-refractivity contribution in [2.75, 3.05) is 30.9 Å². The Morgan fingerprint density at radius 1 is 1.03 bits per heavy atom. The average molecular weight is 465 g/mol. The number of ether oxygens (including phenoxy) is 2. The molecule has 8 nitrogen and oxygen atoms in total. The molecule has 2 aliphatic rings. The maximum absolute atomic E-state index is 13.0. The van der Waals surface area contributed by atoms with Gasteiger partial charge in [0.05, 0.1) is 19.9 Å². The first-order valence-corrected chi connectivity index (χ1v) is 11.8. The van der Waals surface area contributed by atoms with E-state index < -0.39 is 0 Å². The van der Waals surface area contributed by atoms with Crippen LogP contribution in [0.2, 0.25) is 0 Å². The summed E-state index contributed by atoms with van der Waals surface area (Å²) in [4.78, 5) is 24.2. The Balaban J connectivity index is 1.40. The number of hydrazone groups is 1. The number of hydrogen-bond acceptors (Lipinski definition) is 6. The van der Waals surface area contributed by atoms with Gasteiger partial charge in [0.15, 0.2) is 11.5 Å². The highest BCUT2D eigenvalue weighted by Crippen LogP contribution is 2.33. The van der Waals surface area contributed by atoms with E-state index in [2.05, 4.69) is 15.7 Å². The molecule has 2 amide bonds. The second-order valence-electron chi connectivity index (χ2n) is 8.83. The molecule has 1 unspecified atom stereocenters. The van der Waals surface area contributed by atoms with Gasteiger partial charge in [-0.25, -0.2) is 0 Å². The predicted molar refractivity (Wildman–Crippen MR) is 133 cm³/mol. The topological polar surface area (TPSA) is 92.3 Å². The lowest BCUT2D eigenvalue weighted by atomic mass is 10.0. The van der Waals surface area contributed by atoms with Crippen LogP contribution in [0.5, 0.6) is 11.5 Å². The zero-order valence-electron chi connectivity index (χ0n) is 19.8. The fourth-order valence-corrected chi connectivity index (χ4v) is 3.91. The first kappa shape index (κ1) is 23.6. The lowest BCUT2D eigenvalue weighted by Crippen LogP contribution is -2.44. The molecule has 0 bridgehead atoms. The maximum Gasteiger partial charge on any atom is 0.248 e. The molecule has 2 aromatic rings. The number of benzene rings is 2. The van der Waals surface area contributed by atoms with E-state index in [0.717, 1.165) is 31.4 Å². The van der Waals surface area contributed by atoms with Crippen molar-refractivity contribution in [3.8, 4) is 11.5 Å². The normalized spacial score (nSPS) is 17.9. The average Bonchev–Trinajstić information content (AvgIpc) is 3.67. The van der Waals surface area contributed by atoms with Crippen LogP contribution in [0.1, 0.15) is 44.6 Å². The van der Waals surface area contributed by atoms with Crippen molar-refractivity contribution in [1.29, 1.82) is 0 Å². The van der Waals surface area contributed by atoms with Gasteiger partial charge in [0.2, 0.25) is 11.8 Å². The molecule has 1 atom stereocenters. The van der Waals surface area contributed by atoms with E-state index in [1.807, 2.05) is 23.2 Å². The highest BCUT2D eigenvalue weighted by Gasteiger charge is 2.28. The third-order valence-electron chi connectivity index (χ3n) is 5.96. The Morgan fingerprint density at radius 2 is 1.76 bits per heavy atom. The molecule has 1 aliphatic carbocycles. The molecule has 0 aromatic heterocycles. The quantitative estimate of drug-likeness (QED) is 0.541. The summed E-state index contributed by atoms with van der Waals surface area (Å²) >= 11 is 0. The molecule has 2 N–H and O–H groups in total. The third-order valence-corrected chi connectivity index (χ3v) is 5.96. The van der Waals surface area contributed by atoms with Gasteiger partial charge in [0.1, 0.15) is 6.04 Å². The van der Waals surface area contributed by atoms with Crippen LogP contribution in [0.25, 0.3) is 0 Å². The standard InChI is InChI=1S/C26H32N4O4/c1-18(31)28-21-9-11-22(12-10-21)29-26(32)23-5-3-4-14-30(23)27-16-20-8-13-24(33-2)25(15-20)34-17-19-6-7-19/h8-13,15-16,19,23H,3-7,14,17H2,1-2H3,(H,28,31)(H,29,32)/b27-16+. The van der Waals surface area contributed by atoms with Crippen molar-refractivity contribution in [2.45, 2.75) is 45.1 Å². The summed E-state index contributed by atoms with van der Waals surface area (Å²) < 4.78 is 11.4. The Morgan fingerprint density at radius 3 is 2.44 bits per heavy atom. The van der Waals surface area contributed by atoms with Crippen molar-refractivity contribution in [2.24, 2.45) is 11.0 Å². The number of carbonyl (C=O) groups is 2. The minimum absolute atomic E-state index is 0.0905. The second-order valence-corrected chi connectivity index (χ2v) is 8.83. The van der Waals surface area contributed by atoms with Crippen LogP contribution < -0.4 is 20.1 Å². The van der Waals surface area contributed by atoms with E-state index in [4.69, 9.17) is 9.47 Å². The molecule has 0 radical (unpaired) electrons. The Kier molecular flexibility index (Phi) is 7.67. The highest BCUT2D eigenvalue weighted by atomic mass is 16.5. The summed E-state index contributed by atoms with van der Waals surface area (Å²) in [6.45, 7) is 2.89. The Hall–Kier alpha value is -3.55. The van der Waals surface area contributed by atoms with Crippen LogP contribution in [-0.2, 0) is 9.59 Å². The molecule has 1 aliphatic heterocycles. The van der Waals surface area contributed by atoms with Crippen LogP contribution in [-0.4, -0.2) is 49.3 Å². The molecular weight excluding hydrogens is 432 g/mol. The van der Waals surface area contributed by atoms with Gasteiger partial charge in [0.25, 0.3) is 0 Å². The van der Waals surface area contributed by atoms with E-state index in [1.54, 1.807) is 37.6 Å². The minimum Gasteiger partial charge on any atom is -0.493 e. The van der Waals surface area contributed by atoms with E-state index in [9.17, 15) is 9.59 Å². The van der Waals surface area contributed by atoms with Crippen LogP contribution >= 0.6 is 0 Å². The summed E-state index contributed by atoms with van der Waals surface area (Å²) in [5.74, 6) is 1.85. The zero-order chi connectivity index (χ0) is 23.9. The smallest absolute Gasteiger partial charge is 0.248 e. The number of hydrogen-bond donors (Lipinski definition) is 2. The summed E-state index contributed by atoms with van der Waals surface area (Å²) in [6, 6.07) is 12.5. The van der Waals surface area contributed by atoms with Gasteiger partial charge in [-0.05, 0) is 86.1 Å². The predicted octanol–water partition coefficient (Wildman–Crippen LogP) is 4.27. The molecule has 180 valence electrons. The fraction of sp³-hybridized carbons (Fsp3) is 0.423.